The van der Waals surface area contributed by atoms with Crippen LogP contribution in [0.1, 0.15) is 6.42 Å². The van der Waals surface area contributed by atoms with Gasteiger partial charge in [-0.05, 0) is 25.8 Å². The molecule has 3 nitrogen and oxygen atoms in total. The molecule has 1 saturated heterocycles. The number of rotatable bonds is 4. The normalized spacial score (nSPS) is 23.2. The minimum absolute atomic E-state index is 0.293. The molecule has 1 rings (SSSR count). The van der Waals surface area contributed by atoms with Gasteiger partial charge in [0.15, 0.2) is 0 Å². The molecule has 0 aromatic heterocycles. The van der Waals surface area contributed by atoms with E-state index in [0.29, 0.717) is 18.2 Å². The van der Waals surface area contributed by atoms with Crippen molar-refractivity contribution in [1.29, 1.82) is 0 Å². The van der Waals surface area contributed by atoms with Crippen molar-refractivity contribution in [1.82, 2.24) is 9.80 Å². The minimum Gasteiger partial charge on any atom is -0.341 e. The summed E-state index contributed by atoms with van der Waals surface area (Å²) in [6.45, 7) is 2.71. The first kappa shape index (κ1) is 10.9. The Labute approximate surface area is 85.5 Å². The number of likely N-dealkylation sites (N-methyl/N-ethyl adjacent to an activating group) is 1. The molecular weight excluding hydrogens is 184 g/mol. The zero-order valence-corrected chi connectivity index (χ0v) is 9.26. The van der Waals surface area contributed by atoms with Crippen LogP contribution in [0.25, 0.3) is 0 Å². The summed E-state index contributed by atoms with van der Waals surface area (Å²) in [4.78, 5) is 15.5. The molecule has 1 fully saturated rings. The maximum atomic E-state index is 11.4. The van der Waals surface area contributed by atoms with Gasteiger partial charge in [-0.15, -0.1) is 0 Å². The third-order valence-corrected chi connectivity index (χ3v) is 2.89. The van der Waals surface area contributed by atoms with E-state index in [1.807, 2.05) is 19.0 Å². The van der Waals surface area contributed by atoms with E-state index in [2.05, 4.69) is 17.5 Å². The molecule has 13 heavy (non-hydrogen) atoms. The van der Waals surface area contributed by atoms with Crippen molar-refractivity contribution >= 4 is 18.5 Å². The number of thiol groups is 1. The fourth-order valence-electron chi connectivity index (χ4n) is 1.51. The number of hydrogen-bond donors (Lipinski definition) is 1. The monoisotopic (exact) mass is 202 g/mol. The Morgan fingerprint density at radius 3 is 2.77 bits per heavy atom. The van der Waals surface area contributed by atoms with Crippen molar-refractivity contribution in [2.75, 3.05) is 39.5 Å². The van der Waals surface area contributed by atoms with E-state index in [1.165, 1.54) is 0 Å². The first-order valence-electron chi connectivity index (χ1n) is 4.67. The topological polar surface area (TPSA) is 23.6 Å². The molecule has 0 spiro atoms. The van der Waals surface area contributed by atoms with Crippen LogP contribution < -0.4 is 0 Å². The third kappa shape index (κ3) is 3.19. The van der Waals surface area contributed by atoms with Crippen LogP contribution in [0.5, 0.6) is 0 Å². The van der Waals surface area contributed by atoms with Gasteiger partial charge in [-0.1, -0.05) is 0 Å². The Morgan fingerprint density at radius 1 is 1.62 bits per heavy atom. The molecule has 76 valence electrons. The lowest BCUT2D eigenvalue weighted by atomic mass is 10.1. The van der Waals surface area contributed by atoms with Gasteiger partial charge >= 0.3 is 0 Å². The van der Waals surface area contributed by atoms with E-state index in [0.717, 1.165) is 25.4 Å². The number of carbonyl (C=O) groups excluding carboxylic acids is 1. The lowest BCUT2D eigenvalue weighted by Gasteiger charge is -2.18. The van der Waals surface area contributed by atoms with Crippen LogP contribution in [0.4, 0.5) is 0 Å². The molecule has 0 aromatic carbocycles. The fourth-order valence-corrected chi connectivity index (χ4v) is 1.76. The first-order valence-corrected chi connectivity index (χ1v) is 5.30. The summed E-state index contributed by atoms with van der Waals surface area (Å²) in [6, 6.07) is 0. The van der Waals surface area contributed by atoms with E-state index in [-0.39, 0.29) is 0 Å². The number of hydrogen-bond acceptors (Lipinski definition) is 3. The van der Waals surface area contributed by atoms with E-state index < -0.39 is 0 Å². The summed E-state index contributed by atoms with van der Waals surface area (Å²) in [5, 5.41) is 0. The zero-order chi connectivity index (χ0) is 9.84. The molecule has 1 aliphatic rings. The average Bonchev–Trinajstić information content (AvgIpc) is 2.43. The lowest BCUT2D eigenvalue weighted by Crippen LogP contribution is -2.32. The van der Waals surface area contributed by atoms with Gasteiger partial charge in [0, 0.05) is 26.1 Å². The highest BCUT2D eigenvalue weighted by molar-refractivity contribution is 7.80. The fraction of sp³-hybridized carbons (Fsp3) is 0.889. The molecule has 0 N–H and O–H groups in total. The van der Waals surface area contributed by atoms with Gasteiger partial charge in [-0.25, -0.2) is 0 Å². The summed E-state index contributed by atoms with van der Waals surface area (Å²) in [7, 11) is 4.05. The highest BCUT2D eigenvalue weighted by Gasteiger charge is 2.27. The highest BCUT2D eigenvalue weighted by atomic mass is 32.1. The van der Waals surface area contributed by atoms with E-state index in [4.69, 9.17) is 0 Å². The third-order valence-electron chi connectivity index (χ3n) is 2.37. The Bertz CT molecular complexity index is 184. The molecular formula is C9H18N2OS. The standard InChI is InChI=1S/C9H18N2OS/c1-10(2)3-4-11-6-8(7-13)5-9(11)12/h8,13H,3-7H2,1-2H3. The van der Waals surface area contributed by atoms with Crippen LogP contribution >= 0.6 is 12.6 Å². The minimum atomic E-state index is 0.293. The van der Waals surface area contributed by atoms with E-state index >= 15 is 0 Å². The lowest BCUT2D eigenvalue weighted by molar-refractivity contribution is -0.127. The number of amides is 1. The van der Waals surface area contributed by atoms with Crippen molar-refractivity contribution in [2.45, 2.75) is 6.42 Å². The van der Waals surface area contributed by atoms with Crippen LogP contribution in [0.2, 0.25) is 0 Å². The molecule has 0 aliphatic carbocycles. The molecule has 1 unspecified atom stereocenters. The zero-order valence-electron chi connectivity index (χ0n) is 8.36. The molecule has 1 aliphatic heterocycles. The summed E-state index contributed by atoms with van der Waals surface area (Å²) >= 11 is 4.22. The molecule has 1 atom stereocenters. The summed E-state index contributed by atoms with van der Waals surface area (Å²) in [6.07, 6.45) is 0.691. The summed E-state index contributed by atoms with van der Waals surface area (Å²) in [5.41, 5.74) is 0. The van der Waals surface area contributed by atoms with Gasteiger partial charge in [0.1, 0.15) is 0 Å². The predicted molar refractivity (Wildman–Crippen MR) is 57.1 cm³/mol. The molecule has 0 aromatic rings. The van der Waals surface area contributed by atoms with Crippen LogP contribution in [0, 0.1) is 5.92 Å². The van der Waals surface area contributed by atoms with Crippen molar-refractivity contribution in [2.24, 2.45) is 5.92 Å². The molecule has 1 amide bonds. The molecule has 0 radical (unpaired) electrons. The number of carbonyl (C=O) groups is 1. The Kier molecular flexibility index (Phi) is 4.06. The first-order chi connectivity index (χ1) is 6.13. The van der Waals surface area contributed by atoms with Gasteiger partial charge in [-0.3, -0.25) is 4.79 Å². The number of nitrogens with zero attached hydrogens (tertiary/aromatic N) is 2. The molecule has 1 heterocycles. The Balaban J connectivity index is 2.31. The van der Waals surface area contributed by atoms with Crippen molar-refractivity contribution in [3.8, 4) is 0 Å². The van der Waals surface area contributed by atoms with Crippen LogP contribution in [0.15, 0.2) is 0 Å². The molecule has 0 bridgehead atoms. The smallest absolute Gasteiger partial charge is 0.222 e. The van der Waals surface area contributed by atoms with Crippen LogP contribution in [-0.4, -0.2) is 55.2 Å². The van der Waals surface area contributed by atoms with Gasteiger partial charge < -0.3 is 9.80 Å². The Hall–Kier alpha value is -0.220. The number of likely N-dealkylation sites (tertiary alicyclic amines) is 1. The largest absolute Gasteiger partial charge is 0.341 e. The van der Waals surface area contributed by atoms with E-state index in [9.17, 15) is 4.79 Å². The van der Waals surface area contributed by atoms with Gasteiger partial charge in [0.05, 0.1) is 0 Å². The average molecular weight is 202 g/mol. The second-order valence-corrected chi connectivity index (χ2v) is 4.26. The summed E-state index contributed by atoms with van der Waals surface area (Å²) in [5.74, 6) is 1.59. The quantitative estimate of drug-likeness (QED) is 0.664. The summed E-state index contributed by atoms with van der Waals surface area (Å²) < 4.78 is 0. The van der Waals surface area contributed by atoms with Crippen molar-refractivity contribution in [3.63, 3.8) is 0 Å². The van der Waals surface area contributed by atoms with Crippen LogP contribution in [-0.2, 0) is 4.79 Å². The second kappa shape index (κ2) is 4.86. The van der Waals surface area contributed by atoms with Gasteiger partial charge in [-0.2, -0.15) is 12.6 Å². The van der Waals surface area contributed by atoms with Gasteiger partial charge in [0.25, 0.3) is 0 Å². The Morgan fingerprint density at radius 2 is 2.31 bits per heavy atom. The predicted octanol–water partition coefficient (Wildman–Crippen LogP) is 0.326. The van der Waals surface area contributed by atoms with Crippen molar-refractivity contribution < 1.29 is 4.79 Å². The second-order valence-electron chi connectivity index (χ2n) is 3.90. The highest BCUT2D eigenvalue weighted by Crippen LogP contribution is 2.18. The molecule has 0 saturated carbocycles. The SMILES string of the molecule is CN(C)CCN1CC(CS)CC1=O. The van der Waals surface area contributed by atoms with Crippen molar-refractivity contribution in [3.05, 3.63) is 0 Å². The van der Waals surface area contributed by atoms with Gasteiger partial charge in [0.2, 0.25) is 5.91 Å². The van der Waals surface area contributed by atoms with Crippen LogP contribution in [0.3, 0.4) is 0 Å². The maximum absolute atomic E-state index is 11.4. The maximum Gasteiger partial charge on any atom is 0.222 e. The van der Waals surface area contributed by atoms with E-state index in [1.54, 1.807) is 0 Å². The molecule has 4 heteroatoms.